The van der Waals surface area contributed by atoms with Gasteiger partial charge in [0.1, 0.15) is 0 Å². The lowest BCUT2D eigenvalue weighted by Gasteiger charge is -2.29. The number of amides is 2. The summed E-state index contributed by atoms with van der Waals surface area (Å²) in [7, 11) is 3.15. The number of fused-ring (bicyclic) bond motifs is 1. The molecule has 1 aromatic heterocycles. The molecule has 1 heterocycles. The molecule has 41 heavy (non-hydrogen) atoms. The van der Waals surface area contributed by atoms with Gasteiger partial charge in [-0.15, -0.1) is 0 Å². The first kappa shape index (κ1) is 32.0. The number of para-hydroxylation sites is 1. The van der Waals surface area contributed by atoms with Crippen molar-refractivity contribution in [1.29, 1.82) is 0 Å². The minimum absolute atomic E-state index is 0.0105. The van der Waals surface area contributed by atoms with E-state index in [0.29, 0.717) is 31.5 Å². The van der Waals surface area contributed by atoms with Crippen molar-refractivity contribution in [2.75, 3.05) is 20.2 Å². The number of hydrogen-bond donors (Lipinski definition) is 2. The normalized spacial score (nSPS) is 12.9. The minimum atomic E-state index is -5.09. The zero-order chi connectivity index (χ0) is 30.4. The van der Waals surface area contributed by atoms with Crippen molar-refractivity contribution in [2.45, 2.75) is 56.9 Å². The first-order chi connectivity index (χ1) is 19.2. The Labute approximate surface area is 233 Å². The zero-order valence-electron chi connectivity index (χ0n) is 22.8. The van der Waals surface area contributed by atoms with Crippen LogP contribution in [0.25, 0.3) is 10.9 Å². The van der Waals surface area contributed by atoms with Gasteiger partial charge in [-0.05, 0) is 61.9 Å². The molecule has 1 atom stereocenters. The summed E-state index contributed by atoms with van der Waals surface area (Å²) in [5.74, 6) is -1.31. The highest BCUT2D eigenvalue weighted by molar-refractivity contribution is 5.95. The van der Waals surface area contributed by atoms with Crippen molar-refractivity contribution in [1.82, 2.24) is 14.8 Å². The molecule has 0 saturated carbocycles. The van der Waals surface area contributed by atoms with Gasteiger partial charge in [-0.2, -0.15) is 26.3 Å². The van der Waals surface area contributed by atoms with Crippen molar-refractivity contribution < 1.29 is 41.0 Å². The van der Waals surface area contributed by atoms with E-state index in [1.54, 1.807) is 0 Å². The van der Waals surface area contributed by atoms with E-state index >= 15 is 0 Å². The van der Waals surface area contributed by atoms with Crippen LogP contribution in [0.15, 0.2) is 48.7 Å². The van der Waals surface area contributed by atoms with Crippen molar-refractivity contribution in [3.8, 4) is 0 Å². The predicted octanol–water partition coefficient (Wildman–Crippen LogP) is 5.96. The van der Waals surface area contributed by atoms with Crippen molar-refractivity contribution in [2.24, 2.45) is 7.05 Å². The molecular weight excluding hydrogens is 552 g/mol. The molecule has 0 fully saturated rings. The second-order valence-corrected chi connectivity index (χ2v) is 10.0. The molecule has 1 unspecified atom stereocenters. The van der Waals surface area contributed by atoms with Gasteiger partial charge in [0, 0.05) is 62.4 Å². The van der Waals surface area contributed by atoms with Crippen LogP contribution in [0.2, 0.25) is 0 Å². The number of aliphatic hydroxyl groups excluding tert-OH is 1. The van der Waals surface area contributed by atoms with Crippen LogP contribution >= 0.6 is 0 Å². The largest absolute Gasteiger partial charge is 0.416 e. The second kappa shape index (κ2) is 13.4. The maximum absolute atomic E-state index is 13.4. The number of unbranched alkanes of at least 4 members (excludes halogenated alkanes) is 2. The summed E-state index contributed by atoms with van der Waals surface area (Å²) in [5.41, 5.74) is -2.17. The van der Waals surface area contributed by atoms with E-state index in [1.165, 1.54) is 7.05 Å². The molecule has 0 spiro atoms. The topological polar surface area (TPSA) is 74.6 Å². The molecule has 0 saturated heterocycles. The summed E-state index contributed by atoms with van der Waals surface area (Å²) in [5, 5.41) is 12.5. The quantitative estimate of drug-likeness (QED) is 0.204. The number of benzene rings is 2. The lowest BCUT2D eigenvalue weighted by Crippen LogP contribution is -2.39. The molecule has 12 heteroatoms. The van der Waals surface area contributed by atoms with Gasteiger partial charge >= 0.3 is 12.4 Å². The molecule has 2 aromatic carbocycles. The van der Waals surface area contributed by atoms with Crippen molar-refractivity contribution >= 4 is 22.7 Å². The lowest BCUT2D eigenvalue weighted by atomic mass is 9.98. The van der Waals surface area contributed by atoms with Gasteiger partial charge in [-0.3, -0.25) is 9.59 Å². The number of nitrogens with one attached hydrogen (secondary N) is 1. The van der Waals surface area contributed by atoms with E-state index in [1.807, 2.05) is 42.1 Å². The average molecular weight is 586 g/mol. The van der Waals surface area contributed by atoms with Crippen LogP contribution in [0.1, 0.15) is 59.2 Å². The summed E-state index contributed by atoms with van der Waals surface area (Å²) in [6.45, 7) is 0.451. The predicted molar refractivity (Wildman–Crippen MR) is 142 cm³/mol. The first-order valence-corrected chi connectivity index (χ1v) is 13.2. The molecule has 0 aliphatic carbocycles. The van der Waals surface area contributed by atoms with E-state index in [9.17, 15) is 35.9 Å². The van der Waals surface area contributed by atoms with Gasteiger partial charge in [-0.1, -0.05) is 18.2 Å². The average Bonchev–Trinajstić information content (AvgIpc) is 3.23. The molecule has 0 radical (unpaired) electrons. The van der Waals surface area contributed by atoms with Crippen LogP contribution in [-0.4, -0.2) is 52.6 Å². The Balaban J connectivity index is 1.89. The molecule has 224 valence electrons. The molecule has 3 aromatic rings. The van der Waals surface area contributed by atoms with Crippen LogP contribution in [0.4, 0.5) is 26.3 Å². The smallest absolute Gasteiger partial charge is 0.396 e. The highest BCUT2D eigenvalue weighted by Gasteiger charge is 2.38. The third-order valence-electron chi connectivity index (χ3n) is 7.00. The molecule has 2 N–H and O–H groups in total. The molecule has 2 amide bonds. The Hall–Kier alpha value is -3.54. The number of carbonyl (C=O) groups excluding carboxylic acids is 2. The third-order valence-corrected chi connectivity index (χ3v) is 7.00. The van der Waals surface area contributed by atoms with Gasteiger partial charge in [0.15, 0.2) is 0 Å². The van der Waals surface area contributed by atoms with Crippen LogP contribution in [0.3, 0.4) is 0 Å². The molecular formula is C29H33F6N3O3. The van der Waals surface area contributed by atoms with Crippen molar-refractivity contribution in [3.63, 3.8) is 0 Å². The standard InChI is InChI=1S/C29H33F6N3O3/c1-37-18-20(24-8-4-5-9-25(24)37)16-23(10-11-26(40)36-12-6-3-7-13-39)38(2)27(41)19-14-21(28(30,31)32)17-22(15-19)29(33,34)35/h4-5,8-9,14-15,17-18,23,39H,3,6-7,10-13,16H2,1-2H3,(H,36,40). The fraction of sp³-hybridized carbons (Fsp3) is 0.448. The molecule has 6 nitrogen and oxygen atoms in total. The Morgan fingerprint density at radius 3 is 2.22 bits per heavy atom. The number of nitrogens with zero attached hydrogens (tertiary/aromatic N) is 2. The lowest BCUT2D eigenvalue weighted by molar-refractivity contribution is -0.143. The number of carbonyl (C=O) groups is 2. The Kier molecular flexibility index (Phi) is 10.5. The fourth-order valence-corrected chi connectivity index (χ4v) is 4.75. The Bertz CT molecular complexity index is 1320. The second-order valence-electron chi connectivity index (χ2n) is 10.0. The Morgan fingerprint density at radius 1 is 0.976 bits per heavy atom. The van der Waals surface area contributed by atoms with Crippen molar-refractivity contribution in [3.05, 3.63) is 70.9 Å². The van der Waals surface area contributed by atoms with Gasteiger partial charge in [0.2, 0.25) is 5.91 Å². The zero-order valence-corrected chi connectivity index (χ0v) is 22.8. The van der Waals surface area contributed by atoms with Gasteiger partial charge in [0.25, 0.3) is 5.91 Å². The van der Waals surface area contributed by atoms with Gasteiger partial charge < -0.3 is 19.9 Å². The number of aryl methyl sites for hydroxylation is 1. The summed E-state index contributed by atoms with van der Waals surface area (Å²) >= 11 is 0. The fourth-order valence-electron chi connectivity index (χ4n) is 4.75. The monoisotopic (exact) mass is 585 g/mol. The number of alkyl halides is 6. The van der Waals surface area contributed by atoms with Gasteiger partial charge in [0.05, 0.1) is 11.1 Å². The summed E-state index contributed by atoms with van der Waals surface area (Å²) in [4.78, 5) is 27.0. The van der Waals surface area contributed by atoms with E-state index in [0.717, 1.165) is 27.8 Å². The number of likely N-dealkylation sites (N-methyl/N-ethyl adjacent to an activating group) is 1. The number of aromatic nitrogens is 1. The van der Waals surface area contributed by atoms with E-state index in [4.69, 9.17) is 5.11 Å². The highest BCUT2D eigenvalue weighted by Crippen LogP contribution is 2.37. The minimum Gasteiger partial charge on any atom is -0.396 e. The maximum atomic E-state index is 13.4. The first-order valence-electron chi connectivity index (χ1n) is 13.2. The van der Waals surface area contributed by atoms with Gasteiger partial charge in [-0.25, -0.2) is 0 Å². The van der Waals surface area contributed by atoms with Crippen LogP contribution < -0.4 is 5.32 Å². The molecule has 0 aliphatic rings. The molecule has 0 aliphatic heterocycles. The highest BCUT2D eigenvalue weighted by atomic mass is 19.4. The Morgan fingerprint density at radius 2 is 1.61 bits per heavy atom. The van der Waals surface area contributed by atoms with E-state index in [-0.39, 0.29) is 37.8 Å². The van der Waals surface area contributed by atoms with Crippen LogP contribution in [0.5, 0.6) is 0 Å². The number of halogens is 6. The van der Waals surface area contributed by atoms with E-state index < -0.39 is 41.0 Å². The third kappa shape index (κ3) is 8.48. The summed E-state index contributed by atoms with van der Waals surface area (Å²) < 4.78 is 82.4. The van der Waals surface area contributed by atoms with Crippen LogP contribution in [0, 0.1) is 0 Å². The summed E-state index contributed by atoms with van der Waals surface area (Å²) in [6, 6.07) is 7.58. The van der Waals surface area contributed by atoms with Crippen LogP contribution in [-0.2, 0) is 30.6 Å². The summed E-state index contributed by atoms with van der Waals surface area (Å²) in [6.07, 6.45) is -5.99. The van der Waals surface area contributed by atoms with E-state index in [2.05, 4.69) is 5.32 Å². The molecule has 3 rings (SSSR count). The molecule has 0 bridgehead atoms. The maximum Gasteiger partial charge on any atom is 0.416 e. The number of aliphatic hydroxyl groups is 1. The number of rotatable bonds is 12. The SMILES string of the molecule is CN(C(=O)c1cc(C(F)(F)F)cc(C(F)(F)F)c1)C(CCC(=O)NCCCCCO)Cc1cn(C)c2ccccc12. The number of hydrogen-bond acceptors (Lipinski definition) is 3.